The van der Waals surface area contributed by atoms with Crippen LogP contribution in [0.3, 0.4) is 0 Å². The van der Waals surface area contributed by atoms with Gasteiger partial charge in [-0.1, -0.05) is 17.3 Å². The topological polar surface area (TPSA) is 30.7 Å². The molecule has 0 N–H and O–H groups in total. The number of hydrogen-bond donors (Lipinski definition) is 0. The van der Waals surface area contributed by atoms with E-state index in [0.717, 1.165) is 5.56 Å². The van der Waals surface area contributed by atoms with Gasteiger partial charge < -0.3 is 0 Å². The van der Waals surface area contributed by atoms with Crippen LogP contribution in [0.25, 0.3) is 11.3 Å². The van der Waals surface area contributed by atoms with E-state index < -0.39 is 0 Å². The van der Waals surface area contributed by atoms with Crippen LogP contribution >= 0.6 is 0 Å². The van der Waals surface area contributed by atoms with Crippen molar-refractivity contribution in [2.24, 2.45) is 0 Å². The molecule has 0 aliphatic heterocycles. The fourth-order valence-electron chi connectivity index (χ4n) is 1.37. The van der Waals surface area contributed by atoms with Crippen LogP contribution in [0.5, 0.6) is 0 Å². The minimum atomic E-state index is -0.261. The largest absolute Gasteiger partial charge is 0.247 e. The van der Waals surface area contributed by atoms with Gasteiger partial charge in [-0.3, -0.25) is 0 Å². The summed E-state index contributed by atoms with van der Waals surface area (Å²) in [6, 6.07) is 6.36. The third-order valence-electron chi connectivity index (χ3n) is 2.30. The predicted molar refractivity (Wildman–Crippen MR) is 60.4 cm³/mol. The van der Waals surface area contributed by atoms with Gasteiger partial charge in [0.15, 0.2) is 0 Å². The third kappa shape index (κ3) is 2.10. The lowest BCUT2D eigenvalue weighted by Gasteiger charge is -2.17. The molecule has 0 fully saturated rings. The highest BCUT2D eigenvalue weighted by atomic mass is 19.1. The van der Waals surface area contributed by atoms with E-state index in [-0.39, 0.29) is 11.4 Å². The molecule has 1 aromatic heterocycles. The summed E-state index contributed by atoms with van der Waals surface area (Å²) in [5.41, 5.74) is 1.32. The van der Waals surface area contributed by atoms with Crippen LogP contribution < -0.4 is 0 Å². The molecule has 0 saturated heterocycles. The van der Waals surface area contributed by atoms with Crippen LogP contribution in [0.15, 0.2) is 30.5 Å². The van der Waals surface area contributed by atoms with Gasteiger partial charge in [0, 0.05) is 5.56 Å². The van der Waals surface area contributed by atoms with E-state index >= 15 is 0 Å². The van der Waals surface area contributed by atoms with E-state index in [1.165, 1.54) is 12.1 Å². The quantitative estimate of drug-likeness (QED) is 0.738. The van der Waals surface area contributed by atoms with Crippen LogP contribution in [0.4, 0.5) is 4.39 Å². The van der Waals surface area contributed by atoms with E-state index in [0.29, 0.717) is 5.69 Å². The molecule has 16 heavy (non-hydrogen) atoms. The first-order valence-corrected chi connectivity index (χ1v) is 5.15. The van der Waals surface area contributed by atoms with Crippen molar-refractivity contribution >= 4 is 0 Å². The van der Waals surface area contributed by atoms with Gasteiger partial charge >= 0.3 is 0 Å². The lowest BCUT2D eigenvalue weighted by molar-refractivity contribution is 0.347. The maximum atomic E-state index is 13.0. The van der Waals surface area contributed by atoms with Crippen molar-refractivity contribution < 1.29 is 4.39 Å². The first kappa shape index (κ1) is 10.8. The van der Waals surface area contributed by atoms with Crippen LogP contribution in [0.2, 0.25) is 0 Å². The van der Waals surface area contributed by atoms with Crippen molar-refractivity contribution in [3.8, 4) is 11.3 Å². The fraction of sp³-hybridized carbons (Fsp3) is 0.333. The normalized spacial score (nSPS) is 11.8. The highest BCUT2D eigenvalue weighted by Crippen LogP contribution is 2.20. The van der Waals surface area contributed by atoms with E-state index in [4.69, 9.17) is 0 Å². The van der Waals surface area contributed by atoms with E-state index in [9.17, 15) is 4.39 Å². The van der Waals surface area contributed by atoms with Crippen LogP contribution in [0, 0.1) is 5.82 Å². The van der Waals surface area contributed by atoms with Gasteiger partial charge in [-0.15, -0.1) is 5.10 Å². The van der Waals surface area contributed by atoms with Gasteiger partial charge in [-0.05, 0) is 32.9 Å². The van der Waals surface area contributed by atoms with Crippen molar-refractivity contribution in [2.45, 2.75) is 26.3 Å². The summed E-state index contributed by atoms with van der Waals surface area (Å²) >= 11 is 0. The summed E-state index contributed by atoms with van der Waals surface area (Å²) in [6.45, 7) is 6.12. The van der Waals surface area contributed by atoms with Crippen molar-refractivity contribution in [1.82, 2.24) is 15.0 Å². The van der Waals surface area contributed by atoms with E-state index in [1.807, 2.05) is 33.0 Å². The number of hydrogen-bond acceptors (Lipinski definition) is 2. The molecule has 0 aliphatic rings. The Kier molecular flexibility index (Phi) is 2.50. The standard InChI is InChI=1S/C12H14FN3/c1-12(2,3)16-8-11(14-15-16)9-5-4-6-10(13)7-9/h4-8H,1-3H3. The smallest absolute Gasteiger partial charge is 0.123 e. The zero-order valence-electron chi connectivity index (χ0n) is 9.61. The van der Waals surface area contributed by atoms with Crippen molar-refractivity contribution in [1.29, 1.82) is 0 Å². The average molecular weight is 219 g/mol. The molecule has 0 radical (unpaired) electrons. The molecule has 1 heterocycles. The SMILES string of the molecule is CC(C)(C)n1cc(-c2cccc(F)c2)nn1. The fourth-order valence-corrected chi connectivity index (χ4v) is 1.37. The molecule has 0 bridgehead atoms. The third-order valence-corrected chi connectivity index (χ3v) is 2.30. The maximum absolute atomic E-state index is 13.0. The molecule has 0 spiro atoms. The molecule has 4 heteroatoms. The molecule has 0 amide bonds. The summed E-state index contributed by atoms with van der Waals surface area (Å²) in [4.78, 5) is 0. The molecule has 0 saturated carbocycles. The monoisotopic (exact) mass is 219 g/mol. The first-order valence-electron chi connectivity index (χ1n) is 5.15. The molecule has 1 aromatic carbocycles. The van der Waals surface area contributed by atoms with Crippen LogP contribution in [-0.4, -0.2) is 15.0 Å². The van der Waals surface area contributed by atoms with Crippen LogP contribution in [0.1, 0.15) is 20.8 Å². The molecule has 0 atom stereocenters. The molecular formula is C12H14FN3. The zero-order valence-corrected chi connectivity index (χ0v) is 9.61. The number of aromatic nitrogens is 3. The Morgan fingerprint density at radius 1 is 1.25 bits per heavy atom. The van der Waals surface area contributed by atoms with Gasteiger partial charge in [-0.2, -0.15) is 0 Å². The molecule has 0 unspecified atom stereocenters. The van der Waals surface area contributed by atoms with Crippen molar-refractivity contribution in [2.75, 3.05) is 0 Å². The lowest BCUT2D eigenvalue weighted by atomic mass is 10.1. The predicted octanol–water partition coefficient (Wildman–Crippen LogP) is 2.84. The summed E-state index contributed by atoms with van der Waals surface area (Å²) in [5.74, 6) is -0.261. The van der Waals surface area contributed by atoms with Gasteiger partial charge in [-0.25, -0.2) is 9.07 Å². The average Bonchev–Trinajstić information content (AvgIpc) is 2.65. The van der Waals surface area contributed by atoms with Gasteiger partial charge in [0.05, 0.1) is 11.7 Å². The zero-order chi connectivity index (χ0) is 11.8. The molecular weight excluding hydrogens is 205 g/mol. The lowest BCUT2D eigenvalue weighted by Crippen LogP contribution is -2.22. The highest BCUT2D eigenvalue weighted by molar-refractivity contribution is 5.57. The first-order chi connectivity index (χ1) is 7.47. The summed E-state index contributed by atoms with van der Waals surface area (Å²) < 4.78 is 14.8. The van der Waals surface area contributed by atoms with Gasteiger partial charge in [0.25, 0.3) is 0 Å². The van der Waals surface area contributed by atoms with Crippen LogP contribution in [-0.2, 0) is 5.54 Å². The number of rotatable bonds is 1. The molecule has 3 nitrogen and oxygen atoms in total. The second kappa shape index (κ2) is 3.70. The summed E-state index contributed by atoms with van der Waals surface area (Å²) in [7, 11) is 0. The maximum Gasteiger partial charge on any atom is 0.123 e. The molecule has 2 rings (SSSR count). The van der Waals surface area contributed by atoms with Crippen molar-refractivity contribution in [3.05, 3.63) is 36.3 Å². The summed E-state index contributed by atoms with van der Waals surface area (Å²) in [6.07, 6.45) is 1.83. The Hall–Kier alpha value is -1.71. The second-order valence-electron chi connectivity index (χ2n) is 4.73. The molecule has 2 aromatic rings. The number of benzene rings is 1. The Bertz CT molecular complexity index is 497. The minimum absolute atomic E-state index is 0.113. The van der Waals surface area contributed by atoms with E-state index in [2.05, 4.69) is 10.3 Å². The minimum Gasteiger partial charge on any atom is -0.247 e. The Balaban J connectivity index is 2.39. The second-order valence-corrected chi connectivity index (χ2v) is 4.73. The Labute approximate surface area is 93.9 Å². The van der Waals surface area contributed by atoms with Crippen molar-refractivity contribution in [3.63, 3.8) is 0 Å². The number of nitrogens with zero attached hydrogens (tertiary/aromatic N) is 3. The molecule has 84 valence electrons. The van der Waals surface area contributed by atoms with Gasteiger partial charge in [0.2, 0.25) is 0 Å². The van der Waals surface area contributed by atoms with E-state index in [1.54, 1.807) is 10.7 Å². The number of halogens is 1. The Morgan fingerprint density at radius 3 is 2.56 bits per heavy atom. The Morgan fingerprint density at radius 2 is 2.00 bits per heavy atom. The molecule has 0 aliphatic carbocycles. The highest BCUT2D eigenvalue weighted by Gasteiger charge is 2.15. The summed E-state index contributed by atoms with van der Waals surface area (Å²) in [5, 5.41) is 8.08. The van der Waals surface area contributed by atoms with Gasteiger partial charge in [0.1, 0.15) is 11.5 Å².